The van der Waals surface area contributed by atoms with Crippen molar-refractivity contribution in [2.75, 3.05) is 12.5 Å². The molecule has 26 heavy (non-hydrogen) atoms. The second-order valence-corrected chi connectivity index (χ2v) is 10.9. The topological polar surface area (TPSA) is 117 Å². The molecule has 0 fully saturated rings. The van der Waals surface area contributed by atoms with Crippen LogP contribution in [0.15, 0.2) is 52.4 Å². The first-order valence-electron chi connectivity index (χ1n) is 7.05. The molecule has 0 N–H and O–H groups in total. The van der Waals surface area contributed by atoms with E-state index in [-0.39, 0.29) is 5.75 Å². The van der Waals surface area contributed by atoms with Crippen LogP contribution >= 0.6 is 26.3 Å². The molecule has 0 unspecified atom stereocenters. The van der Waals surface area contributed by atoms with E-state index in [1.807, 2.05) is 12.1 Å². The second-order valence-electron chi connectivity index (χ2n) is 5.50. The van der Waals surface area contributed by atoms with Gasteiger partial charge in [-0.2, -0.15) is 12.5 Å². The molecule has 2 aromatic carbocycles. The molecule has 1 aromatic heterocycles. The Hall–Kier alpha value is -2.18. The van der Waals surface area contributed by atoms with Crippen molar-refractivity contribution in [3.05, 3.63) is 57.3 Å². The van der Waals surface area contributed by atoms with Crippen molar-refractivity contribution in [1.29, 1.82) is 0 Å². The number of benzene rings is 2. The van der Waals surface area contributed by atoms with Gasteiger partial charge in [-0.1, -0.05) is 40.2 Å². The van der Waals surface area contributed by atoms with E-state index in [2.05, 4.69) is 26.0 Å². The average Bonchev–Trinajstić information content (AvgIpc) is 3.09. The molecular formula is C14H13BrN4O5S2. The Kier molecular flexibility index (Phi) is 4.67. The monoisotopic (exact) mass is 460 g/mol. The van der Waals surface area contributed by atoms with Crippen molar-refractivity contribution < 1.29 is 16.9 Å². The number of hydrogen-bond acceptors (Lipinski definition) is 7. The largest absolute Gasteiger partial charge is 0.377 e. The van der Waals surface area contributed by atoms with Gasteiger partial charge in [0.15, 0.2) is 5.75 Å². The summed E-state index contributed by atoms with van der Waals surface area (Å²) >= 11 is 3.40. The smallest absolute Gasteiger partial charge is 0.376 e. The molecule has 0 atom stereocenters. The van der Waals surface area contributed by atoms with E-state index in [1.165, 1.54) is 18.6 Å². The highest BCUT2D eigenvalue weighted by Crippen LogP contribution is 2.40. The van der Waals surface area contributed by atoms with Crippen LogP contribution in [0.3, 0.4) is 0 Å². The lowest BCUT2D eigenvalue weighted by Crippen LogP contribution is -2.18. The zero-order valence-corrected chi connectivity index (χ0v) is 16.8. The van der Waals surface area contributed by atoms with Crippen LogP contribution in [-0.2, 0) is 10.1 Å². The first-order valence-corrected chi connectivity index (χ1v) is 11.6. The van der Waals surface area contributed by atoms with Crippen molar-refractivity contribution in [3.63, 3.8) is 0 Å². The standard InChI is InChI=1S/C14H13BrN4O5S2/c1-25(2,19(20)21)18-9-16-14(17-18)26(22,23)24-13-8-7-12(15)10-5-3-4-6-11(10)13/h3-9H,1-2H3. The summed E-state index contributed by atoms with van der Waals surface area (Å²) in [4.78, 5) is 14.8. The van der Waals surface area contributed by atoms with E-state index in [4.69, 9.17) is 4.18 Å². The molecule has 0 aliphatic rings. The van der Waals surface area contributed by atoms with Crippen LogP contribution in [0.25, 0.3) is 10.8 Å². The highest BCUT2D eigenvalue weighted by molar-refractivity contribution is 9.10. The SMILES string of the molecule is CS(C)(n1cnc(S(=O)(=O)Oc2ccc(Br)c3ccccc23)n1)[N+](=O)[O-]. The molecule has 0 amide bonds. The molecule has 138 valence electrons. The van der Waals surface area contributed by atoms with E-state index in [0.29, 0.717) is 5.39 Å². The molecular weight excluding hydrogens is 448 g/mol. The molecule has 0 spiro atoms. The molecule has 12 heteroatoms. The van der Waals surface area contributed by atoms with Gasteiger partial charge >= 0.3 is 15.3 Å². The van der Waals surface area contributed by atoms with Gasteiger partial charge in [0.1, 0.15) is 16.7 Å². The molecule has 3 aromatic rings. The molecule has 0 bridgehead atoms. The Morgan fingerprint density at radius 1 is 1.15 bits per heavy atom. The molecule has 0 saturated carbocycles. The Labute approximate surface area is 159 Å². The van der Waals surface area contributed by atoms with Gasteiger partial charge in [-0.05, 0) is 17.5 Å². The molecule has 3 rings (SSSR count). The van der Waals surface area contributed by atoms with Gasteiger partial charge < -0.3 is 4.18 Å². The summed E-state index contributed by atoms with van der Waals surface area (Å²) < 4.78 is 31.4. The first kappa shape index (κ1) is 18.6. The van der Waals surface area contributed by atoms with E-state index < -0.39 is 30.0 Å². The van der Waals surface area contributed by atoms with Gasteiger partial charge in [0, 0.05) is 22.4 Å². The average molecular weight is 461 g/mol. The highest BCUT2D eigenvalue weighted by Gasteiger charge is 2.31. The van der Waals surface area contributed by atoms with Gasteiger partial charge in [0.25, 0.3) is 0 Å². The van der Waals surface area contributed by atoms with E-state index >= 15 is 0 Å². The van der Waals surface area contributed by atoms with Crippen molar-refractivity contribution in [2.45, 2.75) is 5.16 Å². The van der Waals surface area contributed by atoms with E-state index in [0.717, 1.165) is 20.3 Å². The quantitative estimate of drug-likeness (QED) is 0.326. The molecule has 0 aliphatic heterocycles. The van der Waals surface area contributed by atoms with Gasteiger partial charge in [-0.3, -0.25) is 10.1 Å². The number of aromatic nitrogens is 3. The van der Waals surface area contributed by atoms with E-state index in [1.54, 1.807) is 18.2 Å². The molecule has 9 nitrogen and oxygen atoms in total. The summed E-state index contributed by atoms with van der Waals surface area (Å²) in [5, 5.41) is 15.6. The van der Waals surface area contributed by atoms with Crippen LogP contribution in [0, 0.1) is 10.1 Å². The lowest BCUT2D eigenvalue weighted by atomic mass is 10.1. The number of rotatable bonds is 5. The minimum atomic E-state index is -4.35. The maximum Gasteiger partial charge on any atom is 0.377 e. The summed E-state index contributed by atoms with van der Waals surface area (Å²) in [5.74, 6) is 0.112. The number of fused-ring (bicyclic) bond motifs is 1. The number of hydrogen-bond donors (Lipinski definition) is 0. The summed E-state index contributed by atoms with van der Waals surface area (Å²) in [6, 6.07) is 10.3. The fourth-order valence-corrected chi connectivity index (χ4v) is 4.14. The molecule has 0 aliphatic carbocycles. The predicted octanol–water partition coefficient (Wildman–Crippen LogP) is 2.98. The Bertz CT molecular complexity index is 1110. The molecule has 0 radical (unpaired) electrons. The van der Waals surface area contributed by atoms with Crippen LogP contribution in [-0.4, -0.2) is 39.4 Å². The lowest BCUT2D eigenvalue weighted by Gasteiger charge is -2.19. The highest BCUT2D eigenvalue weighted by atomic mass is 79.9. The number of halogens is 1. The third kappa shape index (κ3) is 3.27. The zero-order chi connectivity index (χ0) is 19.1. The first-order chi connectivity index (χ1) is 12.1. The molecule has 0 saturated heterocycles. The normalized spacial score (nSPS) is 12.9. The Morgan fingerprint density at radius 2 is 1.81 bits per heavy atom. The van der Waals surface area contributed by atoms with E-state index in [9.17, 15) is 18.5 Å². The summed E-state index contributed by atoms with van der Waals surface area (Å²) in [6.45, 7) is 0. The fraction of sp³-hybridized carbons (Fsp3) is 0.143. The van der Waals surface area contributed by atoms with Crippen molar-refractivity contribution in [3.8, 4) is 5.75 Å². The Morgan fingerprint density at radius 3 is 2.46 bits per heavy atom. The minimum Gasteiger partial charge on any atom is -0.376 e. The lowest BCUT2D eigenvalue weighted by molar-refractivity contribution is -0.297. The van der Waals surface area contributed by atoms with Crippen LogP contribution in [0.2, 0.25) is 0 Å². The van der Waals surface area contributed by atoms with Crippen molar-refractivity contribution in [2.24, 2.45) is 0 Å². The maximum atomic E-state index is 12.5. The zero-order valence-electron chi connectivity index (χ0n) is 13.6. The maximum absolute atomic E-state index is 12.5. The predicted molar refractivity (Wildman–Crippen MR) is 101 cm³/mol. The van der Waals surface area contributed by atoms with Crippen molar-refractivity contribution in [1.82, 2.24) is 14.2 Å². The molecule has 1 heterocycles. The van der Waals surface area contributed by atoms with Gasteiger partial charge in [0.2, 0.25) is 0 Å². The van der Waals surface area contributed by atoms with Gasteiger partial charge in [-0.25, -0.2) is 4.98 Å². The third-order valence-corrected chi connectivity index (χ3v) is 7.07. The fourth-order valence-electron chi connectivity index (χ4n) is 2.10. The van der Waals surface area contributed by atoms with Gasteiger partial charge in [-0.15, -0.1) is 5.10 Å². The summed E-state index contributed by atoms with van der Waals surface area (Å²) in [7, 11) is -6.94. The van der Waals surface area contributed by atoms with Crippen LogP contribution in [0.1, 0.15) is 0 Å². The van der Waals surface area contributed by atoms with Crippen LogP contribution in [0.4, 0.5) is 0 Å². The van der Waals surface area contributed by atoms with Crippen LogP contribution < -0.4 is 4.18 Å². The minimum absolute atomic E-state index is 0.112. The summed E-state index contributed by atoms with van der Waals surface area (Å²) in [6.07, 6.45) is 3.75. The van der Waals surface area contributed by atoms with Crippen molar-refractivity contribution >= 4 is 47.2 Å². The second kappa shape index (κ2) is 6.52. The summed E-state index contributed by atoms with van der Waals surface area (Å²) in [5.41, 5.74) is 0. The number of nitrogens with zero attached hydrogens (tertiary/aromatic N) is 4. The third-order valence-electron chi connectivity index (χ3n) is 3.53. The van der Waals surface area contributed by atoms with Gasteiger partial charge in [0.05, 0.1) is 4.33 Å². The number of nitro groups is 1. The van der Waals surface area contributed by atoms with Crippen LogP contribution in [0.5, 0.6) is 5.75 Å². The Balaban J connectivity index is 2.00.